The third-order valence-electron chi connectivity index (χ3n) is 3.72. The first-order valence-electron chi connectivity index (χ1n) is 7.04. The van der Waals surface area contributed by atoms with Crippen molar-refractivity contribution in [1.29, 1.82) is 0 Å². The third-order valence-corrected chi connectivity index (χ3v) is 3.96. The Hall–Kier alpha value is -1.91. The number of fused-ring (bicyclic) bond motifs is 1. The van der Waals surface area contributed by atoms with Gasteiger partial charge in [0.2, 0.25) is 0 Å². The Balaban J connectivity index is 1.48. The standard InChI is InChI=1S/C17H18N2OS/c18-17(21)13-5-7-16(8-6-13)20-10-9-19-11-14-3-1-2-4-15(14)12-19/h1-8H,9-12H2,(H2,18,21). The van der Waals surface area contributed by atoms with Gasteiger partial charge >= 0.3 is 0 Å². The van der Waals surface area contributed by atoms with Crippen LogP contribution in [0.15, 0.2) is 48.5 Å². The molecule has 0 bridgehead atoms. The number of rotatable bonds is 5. The zero-order chi connectivity index (χ0) is 14.7. The zero-order valence-electron chi connectivity index (χ0n) is 11.8. The number of nitrogens with zero attached hydrogens (tertiary/aromatic N) is 1. The number of thiocarbonyl (C=S) groups is 1. The lowest BCUT2D eigenvalue weighted by Crippen LogP contribution is -2.22. The van der Waals surface area contributed by atoms with Gasteiger partial charge in [-0.1, -0.05) is 36.5 Å². The maximum atomic E-state index is 5.78. The van der Waals surface area contributed by atoms with E-state index in [2.05, 4.69) is 29.2 Å². The molecule has 0 aromatic heterocycles. The monoisotopic (exact) mass is 298 g/mol. The summed E-state index contributed by atoms with van der Waals surface area (Å²) in [6, 6.07) is 16.2. The molecule has 0 fully saturated rings. The highest BCUT2D eigenvalue weighted by atomic mass is 32.1. The van der Waals surface area contributed by atoms with E-state index in [0.717, 1.165) is 30.9 Å². The van der Waals surface area contributed by atoms with Crippen molar-refractivity contribution in [2.45, 2.75) is 13.1 Å². The van der Waals surface area contributed by atoms with E-state index in [1.807, 2.05) is 24.3 Å². The van der Waals surface area contributed by atoms with Gasteiger partial charge in [0.1, 0.15) is 17.3 Å². The second kappa shape index (κ2) is 6.24. The van der Waals surface area contributed by atoms with Gasteiger partial charge in [-0.2, -0.15) is 0 Å². The van der Waals surface area contributed by atoms with Crippen molar-refractivity contribution < 1.29 is 4.74 Å². The Morgan fingerprint density at radius 1 is 1.05 bits per heavy atom. The average Bonchev–Trinajstić information content (AvgIpc) is 2.90. The van der Waals surface area contributed by atoms with Crippen molar-refractivity contribution in [3.63, 3.8) is 0 Å². The van der Waals surface area contributed by atoms with E-state index in [9.17, 15) is 0 Å². The van der Waals surface area contributed by atoms with E-state index in [0.29, 0.717) is 11.6 Å². The Morgan fingerprint density at radius 3 is 2.24 bits per heavy atom. The van der Waals surface area contributed by atoms with Crippen LogP contribution < -0.4 is 10.5 Å². The van der Waals surface area contributed by atoms with Crippen molar-refractivity contribution >= 4 is 17.2 Å². The van der Waals surface area contributed by atoms with Crippen LogP contribution in [-0.4, -0.2) is 23.0 Å². The van der Waals surface area contributed by atoms with Crippen LogP contribution in [0, 0.1) is 0 Å². The molecule has 4 heteroatoms. The maximum absolute atomic E-state index is 5.78. The number of hydrogen-bond acceptors (Lipinski definition) is 3. The van der Waals surface area contributed by atoms with Gasteiger partial charge in [0.15, 0.2) is 0 Å². The minimum atomic E-state index is 0.413. The van der Waals surface area contributed by atoms with E-state index in [-0.39, 0.29) is 0 Å². The largest absolute Gasteiger partial charge is 0.492 e. The number of ether oxygens (including phenoxy) is 1. The van der Waals surface area contributed by atoms with Crippen LogP contribution in [0.1, 0.15) is 16.7 Å². The smallest absolute Gasteiger partial charge is 0.119 e. The quantitative estimate of drug-likeness (QED) is 0.862. The summed E-state index contributed by atoms with van der Waals surface area (Å²) in [5, 5.41) is 0. The Labute approximate surface area is 130 Å². The van der Waals surface area contributed by atoms with E-state index in [1.54, 1.807) is 0 Å². The molecule has 0 amide bonds. The van der Waals surface area contributed by atoms with Crippen LogP contribution in [0.2, 0.25) is 0 Å². The molecule has 0 spiro atoms. The van der Waals surface area contributed by atoms with Crippen molar-refractivity contribution in [2.24, 2.45) is 5.73 Å². The summed E-state index contributed by atoms with van der Waals surface area (Å²) in [6.07, 6.45) is 0. The summed E-state index contributed by atoms with van der Waals surface area (Å²) in [7, 11) is 0. The van der Waals surface area contributed by atoms with Crippen LogP contribution in [0.3, 0.4) is 0 Å². The van der Waals surface area contributed by atoms with Gasteiger partial charge in [-0.15, -0.1) is 0 Å². The van der Waals surface area contributed by atoms with Gasteiger partial charge in [-0.05, 0) is 35.4 Å². The lowest BCUT2D eigenvalue weighted by molar-refractivity contribution is 0.211. The Morgan fingerprint density at radius 2 is 1.67 bits per heavy atom. The summed E-state index contributed by atoms with van der Waals surface area (Å²) < 4.78 is 5.78. The van der Waals surface area contributed by atoms with Crippen molar-refractivity contribution in [3.8, 4) is 5.75 Å². The second-order valence-electron chi connectivity index (χ2n) is 5.22. The lowest BCUT2D eigenvalue weighted by atomic mass is 10.1. The molecule has 2 aromatic rings. The van der Waals surface area contributed by atoms with Crippen molar-refractivity contribution in [1.82, 2.24) is 4.90 Å². The topological polar surface area (TPSA) is 38.5 Å². The van der Waals surface area contributed by atoms with Crippen molar-refractivity contribution in [3.05, 3.63) is 65.2 Å². The molecule has 0 unspecified atom stereocenters. The third kappa shape index (κ3) is 3.40. The minimum absolute atomic E-state index is 0.413. The van der Waals surface area contributed by atoms with Gasteiger partial charge in [0.05, 0.1) is 0 Å². The molecule has 1 heterocycles. The Kier molecular flexibility index (Phi) is 4.18. The van der Waals surface area contributed by atoms with Crippen LogP contribution in [0.5, 0.6) is 5.75 Å². The van der Waals surface area contributed by atoms with Gasteiger partial charge in [-0.25, -0.2) is 0 Å². The predicted octanol–water partition coefficient (Wildman–Crippen LogP) is 2.72. The fraction of sp³-hybridized carbons (Fsp3) is 0.235. The minimum Gasteiger partial charge on any atom is -0.492 e. The molecule has 0 aliphatic carbocycles. The number of benzene rings is 2. The summed E-state index contributed by atoms with van der Waals surface area (Å²) in [6.45, 7) is 3.63. The van der Waals surface area contributed by atoms with Gasteiger partial charge in [-0.3, -0.25) is 4.90 Å². The molecule has 0 saturated heterocycles. The molecular formula is C17H18N2OS. The molecule has 0 radical (unpaired) electrons. The van der Waals surface area contributed by atoms with E-state index in [1.165, 1.54) is 11.1 Å². The maximum Gasteiger partial charge on any atom is 0.119 e. The van der Waals surface area contributed by atoms with Crippen LogP contribution in [-0.2, 0) is 13.1 Å². The van der Waals surface area contributed by atoms with E-state index >= 15 is 0 Å². The highest BCUT2D eigenvalue weighted by molar-refractivity contribution is 7.80. The molecule has 2 aromatic carbocycles. The molecule has 2 N–H and O–H groups in total. The first kappa shape index (κ1) is 14.0. The lowest BCUT2D eigenvalue weighted by Gasteiger charge is -2.15. The van der Waals surface area contributed by atoms with Gasteiger partial charge in [0.25, 0.3) is 0 Å². The average molecular weight is 298 g/mol. The normalized spacial score (nSPS) is 13.9. The fourth-order valence-electron chi connectivity index (χ4n) is 2.57. The molecule has 3 nitrogen and oxygen atoms in total. The van der Waals surface area contributed by atoms with Crippen LogP contribution in [0.4, 0.5) is 0 Å². The Bertz CT molecular complexity index is 614. The van der Waals surface area contributed by atoms with Crippen molar-refractivity contribution in [2.75, 3.05) is 13.2 Å². The molecule has 1 aliphatic rings. The molecule has 21 heavy (non-hydrogen) atoms. The second-order valence-corrected chi connectivity index (χ2v) is 5.66. The van der Waals surface area contributed by atoms with Crippen LogP contribution in [0.25, 0.3) is 0 Å². The van der Waals surface area contributed by atoms with E-state index < -0.39 is 0 Å². The highest BCUT2D eigenvalue weighted by Crippen LogP contribution is 2.21. The number of hydrogen-bond donors (Lipinski definition) is 1. The fourth-order valence-corrected chi connectivity index (χ4v) is 2.71. The highest BCUT2D eigenvalue weighted by Gasteiger charge is 2.17. The first-order chi connectivity index (χ1) is 10.2. The molecule has 3 rings (SSSR count). The summed E-state index contributed by atoms with van der Waals surface area (Å²) in [5.41, 5.74) is 9.30. The molecule has 1 aliphatic heterocycles. The molecule has 108 valence electrons. The first-order valence-corrected chi connectivity index (χ1v) is 7.45. The zero-order valence-corrected chi connectivity index (χ0v) is 12.6. The van der Waals surface area contributed by atoms with Crippen LogP contribution >= 0.6 is 12.2 Å². The summed E-state index contributed by atoms with van der Waals surface area (Å²) >= 11 is 4.93. The summed E-state index contributed by atoms with van der Waals surface area (Å²) in [4.78, 5) is 2.81. The molecular weight excluding hydrogens is 280 g/mol. The van der Waals surface area contributed by atoms with Gasteiger partial charge in [0, 0.05) is 25.2 Å². The SMILES string of the molecule is NC(=S)c1ccc(OCCN2Cc3ccccc3C2)cc1. The molecule has 0 atom stereocenters. The van der Waals surface area contributed by atoms with Gasteiger partial charge < -0.3 is 10.5 Å². The molecule has 0 saturated carbocycles. The number of nitrogens with two attached hydrogens (primary N) is 1. The predicted molar refractivity (Wildman–Crippen MR) is 88.4 cm³/mol. The van der Waals surface area contributed by atoms with E-state index in [4.69, 9.17) is 22.7 Å². The summed E-state index contributed by atoms with van der Waals surface area (Å²) in [5.74, 6) is 0.853.